The number of carboxylic acids is 1. The molecule has 6 heteroatoms. The number of ether oxygens (including phenoxy) is 2. The maximum absolute atomic E-state index is 12.1. The standard InChI is InChI=1S/C12H19NO5/c1-13(7-8-3-2-6-17-8)11(14)9-4-5-10(18-9)12(15)16/h8-10H,2-7H2,1H3,(H,15,16). The number of hydrogen-bond acceptors (Lipinski definition) is 4. The summed E-state index contributed by atoms with van der Waals surface area (Å²) in [5.41, 5.74) is 0. The van der Waals surface area contributed by atoms with Crippen molar-refractivity contribution in [2.45, 2.75) is 44.0 Å². The number of aliphatic carboxylic acids is 1. The summed E-state index contributed by atoms with van der Waals surface area (Å²) in [4.78, 5) is 24.4. The maximum Gasteiger partial charge on any atom is 0.332 e. The number of nitrogens with zero attached hydrogens (tertiary/aromatic N) is 1. The number of amides is 1. The Kier molecular flexibility index (Phi) is 4.19. The molecule has 6 nitrogen and oxygen atoms in total. The number of likely N-dealkylation sites (N-methyl/N-ethyl adjacent to an activating group) is 1. The number of carbonyl (C=O) groups excluding carboxylic acids is 1. The van der Waals surface area contributed by atoms with Crippen LogP contribution in [0.1, 0.15) is 25.7 Å². The van der Waals surface area contributed by atoms with E-state index in [2.05, 4.69) is 0 Å². The summed E-state index contributed by atoms with van der Waals surface area (Å²) in [6.07, 6.45) is 1.54. The van der Waals surface area contributed by atoms with Crippen LogP contribution in [-0.2, 0) is 19.1 Å². The maximum atomic E-state index is 12.1. The molecule has 0 aliphatic carbocycles. The smallest absolute Gasteiger partial charge is 0.332 e. The quantitative estimate of drug-likeness (QED) is 0.781. The van der Waals surface area contributed by atoms with Crippen LogP contribution in [0.25, 0.3) is 0 Å². The molecular weight excluding hydrogens is 238 g/mol. The zero-order valence-corrected chi connectivity index (χ0v) is 10.5. The van der Waals surface area contributed by atoms with Gasteiger partial charge in [0, 0.05) is 20.2 Å². The molecule has 1 N–H and O–H groups in total. The number of rotatable bonds is 4. The van der Waals surface area contributed by atoms with Crippen molar-refractivity contribution in [2.24, 2.45) is 0 Å². The fourth-order valence-corrected chi connectivity index (χ4v) is 2.43. The van der Waals surface area contributed by atoms with Gasteiger partial charge in [-0.05, 0) is 25.7 Å². The van der Waals surface area contributed by atoms with E-state index in [1.807, 2.05) is 0 Å². The second-order valence-corrected chi connectivity index (χ2v) is 4.88. The highest BCUT2D eigenvalue weighted by atomic mass is 16.5. The van der Waals surface area contributed by atoms with Gasteiger partial charge in [-0.25, -0.2) is 4.79 Å². The zero-order chi connectivity index (χ0) is 13.1. The summed E-state index contributed by atoms with van der Waals surface area (Å²) in [6.45, 7) is 1.31. The van der Waals surface area contributed by atoms with Crippen molar-refractivity contribution in [3.05, 3.63) is 0 Å². The molecule has 2 rings (SSSR count). The number of hydrogen-bond donors (Lipinski definition) is 1. The lowest BCUT2D eigenvalue weighted by Gasteiger charge is -2.23. The molecule has 0 bridgehead atoms. The lowest BCUT2D eigenvalue weighted by molar-refractivity contribution is -0.154. The second kappa shape index (κ2) is 5.67. The van der Waals surface area contributed by atoms with Gasteiger partial charge in [0.25, 0.3) is 5.91 Å². The van der Waals surface area contributed by atoms with Crippen LogP contribution in [0.5, 0.6) is 0 Å². The van der Waals surface area contributed by atoms with Crippen LogP contribution in [0, 0.1) is 0 Å². The molecule has 0 aromatic rings. The summed E-state index contributed by atoms with van der Waals surface area (Å²) >= 11 is 0. The summed E-state index contributed by atoms with van der Waals surface area (Å²) in [5.74, 6) is -1.14. The van der Waals surface area contributed by atoms with Gasteiger partial charge in [-0.15, -0.1) is 0 Å². The van der Waals surface area contributed by atoms with Crippen LogP contribution in [0.3, 0.4) is 0 Å². The molecule has 2 saturated heterocycles. The molecule has 1 amide bonds. The van der Waals surface area contributed by atoms with Gasteiger partial charge in [-0.1, -0.05) is 0 Å². The summed E-state index contributed by atoms with van der Waals surface area (Å²) in [7, 11) is 1.71. The van der Waals surface area contributed by atoms with E-state index in [1.165, 1.54) is 0 Å². The first-order chi connectivity index (χ1) is 8.58. The highest BCUT2D eigenvalue weighted by Crippen LogP contribution is 2.22. The van der Waals surface area contributed by atoms with Gasteiger partial charge in [0.1, 0.15) is 6.10 Å². The van der Waals surface area contributed by atoms with E-state index in [4.69, 9.17) is 14.6 Å². The average Bonchev–Trinajstić information content (AvgIpc) is 2.98. The van der Waals surface area contributed by atoms with Gasteiger partial charge in [0.05, 0.1) is 6.10 Å². The van der Waals surface area contributed by atoms with Gasteiger partial charge in [0.2, 0.25) is 0 Å². The van der Waals surface area contributed by atoms with Crippen LogP contribution in [0.2, 0.25) is 0 Å². The van der Waals surface area contributed by atoms with Crippen molar-refractivity contribution >= 4 is 11.9 Å². The third kappa shape index (κ3) is 3.00. The highest BCUT2D eigenvalue weighted by molar-refractivity contribution is 5.82. The Morgan fingerprint density at radius 2 is 2.00 bits per heavy atom. The van der Waals surface area contributed by atoms with Crippen LogP contribution < -0.4 is 0 Å². The summed E-state index contributed by atoms with van der Waals surface area (Å²) in [5, 5.41) is 8.81. The molecule has 0 aromatic heterocycles. The van der Waals surface area contributed by atoms with E-state index in [0.29, 0.717) is 19.4 Å². The Morgan fingerprint density at radius 3 is 2.56 bits per heavy atom. The topological polar surface area (TPSA) is 76.1 Å². The van der Waals surface area contributed by atoms with Crippen LogP contribution in [-0.4, -0.2) is 60.4 Å². The van der Waals surface area contributed by atoms with Gasteiger partial charge >= 0.3 is 5.97 Å². The molecule has 2 fully saturated rings. The first kappa shape index (κ1) is 13.3. The van der Waals surface area contributed by atoms with Crippen molar-refractivity contribution in [3.63, 3.8) is 0 Å². The average molecular weight is 257 g/mol. The SMILES string of the molecule is CN(CC1CCCO1)C(=O)C1CCC(C(=O)O)O1. The largest absolute Gasteiger partial charge is 0.479 e. The molecular formula is C12H19NO5. The lowest BCUT2D eigenvalue weighted by Crippen LogP contribution is -2.41. The molecule has 2 aliphatic rings. The van der Waals surface area contributed by atoms with Gasteiger partial charge < -0.3 is 19.5 Å². The zero-order valence-electron chi connectivity index (χ0n) is 10.5. The van der Waals surface area contributed by atoms with Crippen LogP contribution in [0.4, 0.5) is 0 Å². The van der Waals surface area contributed by atoms with Gasteiger partial charge in [-0.2, -0.15) is 0 Å². The van der Waals surface area contributed by atoms with E-state index in [1.54, 1.807) is 11.9 Å². The fraction of sp³-hybridized carbons (Fsp3) is 0.833. The van der Waals surface area contributed by atoms with Crippen molar-refractivity contribution in [1.29, 1.82) is 0 Å². The predicted molar refractivity (Wildman–Crippen MR) is 62.1 cm³/mol. The third-order valence-electron chi connectivity index (χ3n) is 3.45. The van der Waals surface area contributed by atoms with Crippen molar-refractivity contribution in [3.8, 4) is 0 Å². The molecule has 18 heavy (non-hydrogen) atoms. The fourth-order valence-electron chi connectivity index (χ4n) is 2.43. The van der Waals surface area contributed by atoms with E-state index < -0.39 is 18.2 Å². The van der Waals surface area contributed by atoms with E-state index in [0.717, 1.165) is 19.4 Å². The Balaban J connectivity index is 1.81. The molecule has 0 spiro atoms. The molecule has 102 valence electrons. The Bertz CT molecular complexity index is 326. The normalized spacial score (nSPS) is 31.5. The highest BCUT2D eigenvalue weighted by Gasteiger charge is 2.36. The number of carbonyl (C=O) groups is 2. The van der Waals surface area contributed by atoms with Crippen molar-refractivity contribution in [2.75, 3.05) is 20.2 Å². The Labute approximate surface area is 106 Å². The predicted octanol–water partition coefficient (Wildman–Crippen LogP) is 0.256. The van der Waals surface area contributed by atoms with Gasteiger partial charge in [-0.3, -0.25) is 4.79 Å². The van der Waals surface area contributed by atoms with Crippen molar-refractivity contribution in [1.82, 2.24) is 4.90 Å². The van der Waals surface area contributed by atoms with Crippen LogP contribution in [0.15, 0.2) is 0 Å². The molecule has 0 saturated carbocycles. The van der Waals surface area contributed by atoms with Crippen molar-refractivity contribution < 1.29 is 24.2 Å². The molecule has 3 atom stereocenters. The second-order valence-electron chi connectivity index (χ2n) is 4.88. The summed E-state index contributed by atoms with van der Waals surface area (Å²) < 4.78 is 10.7. The van der Waals surface area contributed by atoms with Gasteiger partial charge in [0.15, 0.2) is 6.10 Å². The molecule has 3 unspecified atom stereocenters. The molecule has 2 heterocycles. The minimum absolute atomic E-state index is 0.107. The van der Waals surface area contributed by atoms with E-state index in [9.17, 15) is 9.59 Å². The van der Waals surface area contributed by atoms with Crippen LogP contribution >= 0.6 is 0 Å². The minimum Gasteiger partial charge on any atom is -0.479 e. The van der Waals surface area contributed by atoms with E-state index >= 15 is 0 Å². The molecule has 2 aliphatic heterocycles. The Morgan fingerprint density at radius 1 is 1.28 bits per heavy atom. The first-order valence-corrected chi connectivity index (χ1v) is 6.33. The molecule has 0 radical (unpaired) electrons. The van der Waals surface area contributed by atoms with E-state index in [-0.39, 0.29) is 12.0 Å². The summed E-state index contributed by atoms with van der Waals surface area (Å²) in [6, 6.07) is 0. The monoisotopic (exact) mass is 257 g/mol. The third-order valence-corrected chi connectivity index (χ3v) is 3.45. The number of carboxylic acid groups (broad SMARTS) is 1. The lowest BCUT2D eigenvalue weighted by atomic mass is 10.1. The Hall–Kier alpha value is -1.14. The molecule has 0 aromatic carbocycles. The first-order valence-electron chi connectivity index (χ1n) is 6.33. The minimum atomic E-state index is -0.993.